The van der Waals surface area contributed by atoms with E-state index in [-0.39, 0.29) is 18.6 Å². The Labute approximate surface area is 154 Å². The predicted octanol–water partition coefficient (Wildman–Crippen LogP) is 4.16. The van der Waals surface area contributed by atoms with Gasteiger partial charge in [0.15, 0.2) is 12.4 Å². The summed E-state index contributed by atoms with van der Waals surface area (Å²) < 4.78 is 4.90. The van der Waals surface area contributed by atoms with Gasteiger partial charge in [-0.05, 0) is 42.5 Å². The fraction of sp³-hybridized carbons (Fsp3) is 0.278. The van der Waals surface area contributed by atoms with Crippen molar-refractivity contribution < 1.29 is 19.1 Å². The maximum Gasteiger partial charge on any atom is 0.306 e. The summed E-state index contributed by atoms with van der Waals surface area (Å²) in [5, 5.41) is 4.86. The average molecular weight is 380 g/mol. The minimum absolute atomic E-state index is 0.0594. The molecule has 0 radical (unpaired) electrons. The number of hydrogen-bond acceptors (Lipinski definition) is 5. The third-order valence-electron chi connectivity index (χ3n) is 3.41. The van der Waals surface area contributed by atoms with E-state index in [2.05, 4.69) is 5.32 Å². The predicted molar refractivity (Wildman–Crippen MR) is 98.4 cm³/mol. The number of halogens is 1. The van der Waals surface area contributed by atoms with E-state index in [1.165, 1.54) is 11.3 Å². The van der Waals surface area contributed by atoms with Gasteiger partial charge in [-0.15, -0.1) is 11.3 Å². The quantitative estimate of drug-likeness (QED) is 0.579. The fourth-order valence-electron chi connectivity index (χ4n) is 2.24. The molecule has 25 heavy (non-hydrogen) atoms. The first-order valence-corrected chi connectivity index (χ1v) is 8.91. The number of nitrogens with one attached hydrogen (secondary N) is 1. The van der Waals surface area contributed by atoms with Crippen LogP contribution in [0.4, 0.5) is 5.69 Å². The van der Waals surface area contributed by atoms with Gasteiger partial charge < -0.3 is 10.1 Å². The number of thiophene rings is 1. The van der Waals surface area contributed by atoms with Crippen LogP contribution in [0.1, 0.15) is 33.6 Å². The Morgan fingerprint density at radius 1 is 1.20 bits per heavy atom. The zero-order valence-corrected chi connectivity index (χ0v) is 15.5. The molecule has 0 aliphatic rings. The molecule has 1 heterocycles. The Kier molecular flexibility index (Phi) is 6.73. The van der Waals surface area contributed by atoms with E-state index < -0.39 is 18.5 Å². The van der Waals surface area contributed by atoms with Gasteiger partial charge in [0.05, 0.1) is 22.0 Å². The molecule has 0 unspecified atom stereocenters. The number of amides is 1. The van der Waals surface area contributed by atoms with Crippen LogP contribution in [0, 0.1) is 13.8 Å². The molecule has 7 heteroatoms. The second-order valence-electron chi connectivity index (χ2n) is 5.55. The molecule has 0 bridgehead atoms. The second kappa shape index (κ2) is 8.78. The SMILES string of the molecule is Cc1cc(C)c(NC(=O)COC(=O)CCC(=O)c2cccs2)c(Cl)c1. The molecular weight excluding hydrogens is 362 g/mol. The lowest BCUT2D eigenvalue weighted by Gasteiger charge is -2.11. The molecule has 1 N–H and O–H groups in total. The number of ketones is 1. The van der Waals surface area contributed by atoms with Crippen LogP contribution in [-0.2, 0) is 14.3 Å². The number of anilines is 1. The van der Waals surface area contributed by atoms with Crippen molar-refractivity contribution in [3.8, 4) is 0 Å². The molecule has 0 atom stereocenters. The molecule has 132 valence electrons. The summed E-state index contributed by atoms with van der Waals surface area (Å²) in [6, 6.07) is 7.12. The van der Waals surface area contributed by atoms with E-state index in [1.807, 2.05) is 19.9 Å². The number of Topliss-reactive ketones (excluding diaryl/α,β-unsaturated/α-hetero) is 1. The maximum atomic E-state index is 11.9. The zero-order chi connectivity index (χ0) is 18.4. The van der Waals surface area contributed by atoms with Crippen molar-refractivity contribution in [2.45, 2.75) is 26.7 Å². The molecule has 0 saturated heterocycles. The van der Waals surface area contributed by atoms with E-state index in [9.17, 15) is 14.4 Å². The minimum atomic E-state index is -0.591. The van der Waals surface area contributed by atoms with Gasteiger partial charge in [-0.25, -0.2) is 0 Å². The van der Waals surface area contributed by atoms with E-state index >= 15 is 0 Å². The third kappa shape index (κ3) is 5.69. The van der Waals surface area contributed by atoms with Crippen molar-refractivity contribution in [2.24, 2.45) is 0 Å². The minimum Gasteiger partial charge on any atom is -0.456 e. The lowest BCUT2D eigenvalue weighted by molar-refractivity contribution is -0.147. The van der Waals surface area contributed by atoms with Gasteiger partial charge in [0.25, 0.3) is 5.91 Å². The van der Waals surface area contributed by atoms with Crippen molar-refractivity contribution in [1.29, 1.82) is 0 Å². The van der Waals surface area contributed by atoms with E-state index in [0.29, 0.717) is 15.6 Å². The second-order valence-corrected chi connectivity index (χ2v) is 6.90. The van der Waals surface area contributed by atoms with Crippen molar-refractivity contribution in [2.75, 3.05) is 11.9 Å². The van der Waals surface area contributed by atoms with Gasteiger partial charge in [0.1, 0.15) is 0 Å². The Hall–Kier alpha value is -2.18. The molecule has 1 aromatic carbocycles. The molecule has 2 aromatic rings. The summed E-state index contributed by atoms with van der Waals surface area (Å²) in [5.41, 5.74) is 2.31. The van der Waals surface area contributed by atoms with Gasteiger partial charge >= 0.3 is 5.97 Å². The standard InChI is InChI=1S/C18H18ClNO4S/c1-11-8-12(2)18(13(19)9-11)20-16(22)10-24-17(23)6-5-14(21)15-4-3-7-25-15/h3-4,7-9H,5-6,10H2,1-2H3,(H,20,22). The van der Waals surface area contributed by atoms with Crippen LogP contribution in [0.3, 0.4) is 0 Å². The van der Waals surface area contributed by atoms with Crippen LogP contribution in [0.25, 0.3) is 0 Å². The molecule has 0 fully saturated rings. The number of carbonyl (C=O) groups is 3. The number of carbonyl (C=O) groups excluding carboxylic acids is 3. The molecule has 2 rings (SSSR count). The molecule has 0 aliphatic carbocycles. The average Bonchev–Trinajstić information content (AvgIpc) is 3.08. The number of hydrogen-bond donors (Lipinski definition) is 1. The zero-order valence-electron chi connectivity index (χ0n) is 13.9. The van der Waals surface area contributed by atoms with Crippen LogP contribution >= 0.6 is 22.9 Å². The first-order chi connectivity index (χ1) is 11.9. The fourth-order valence-corrected chi connectivity index (χ4v) is 3.31. The molecule has 1 aromatic heterocycles. The van der Waals surface area contributed by atoms with Crippen LogP contribution < -0.4 is 5.32 Å². The monoisotopic (exact) mass is 379 g/mol. The van der Waals surface area contributed by atoms with Gasteiger partial charge in [0.2, 0.25) is 0 Å². The number of esters is 1. The largest absolute Gasteiger partial charge is 0.456 e. The molecule has 5 nitrogen and oxygen atoms in total. The molecule has 0 saturated carbocycles. The highest BCUT2D eigenvalue weighted by Gasteiger charge is 2.14. The summed E-state index contributed by atoms with van der Waals surface area (Å²) in [7, 11) is 0. The van der Waals surface area contributed by atoms with Crippen LogP contribution in [0.5, 0.6) is 0 Å². The number of ether oxygens (including phenoxy) is 1. The van der Waals surface area contributed by atoms with E-state index in [0.717, 1.165) is 11.1 Å². The summed E-state index contributed by atoms with van der Waals surface area (Å²) in [5.74, 6) is -1.18. The third-order valence-corrected chi connectivity index (χ3v) is 4.62. The molecule has 0 spiro atoms. The highest BCUT2D eigenvalue weighted by molar-refractivity contribution is 7.12. The van der Waals surface area contributed by atoms with Crippen LogP contribution in [0.15, 0.2) is 29.6 Å². The van der Waals surface area contributed by atoms with Crippen molar-refractivity contribution in [3.05, 3.63) is 50.7 Å². The first-order valence-electron chi connectivity index (χ1n) is 7.65. The Morgan fingerprint density at radius 2 is 1.96 bits per heavy atom. The van der Waals surface area contributed by atoms with Gasteiger partial charge in [-0.1, -0.05) is 23.7 Å². The first kappa shape index (κ1) is 19.1. The smallest absolute Gasteiger partial charge is 0.306 e. The van der Waals surface area contributed by atoms with E-state index in [1.54, 1.807) is 23.6 Å². The molecule has 0 aliphatic heterocycles. The van der Waals surface area contributed by atoms with E-state index in [4.69, 9.17) is 16.3 Å². The van der Waals surface area contributed by atoms with Crippen molar-refractivity contribution >= 4 is 46.3 Å². The summed E-state index contributed by atoms with van der Waals surface area (Å²) in [4.78, 5) is 36.0. The molecular formula is C18H18ClNO4S. The van der Waals surface area contributed by atoms with Gasteiger partial charge in [-0.2, -0.15) is 0 Å². The topological polar surface area (TPSA) is 72.5 Å². The van der Waals surface area contributed by atoms with Crippen molar-refractivity contribution in [1.82, 2.24) is 0 Å². The lowest BCUT2D eigenvalue weighted by atomic mass is 10.1. The van der Waals surface area contributed by atoms with Gasteiger partial charge in [-0.3, -0.25) is 14.4 Å². The lowest BCUT2D eigenvalue weighted by Crippen LogP contribution is -2.21. The highest BCUT2D eigenvalue weighted by atomic mass is 35.5. The van der Waals surface area contributed by atoms with Gasteiger partial charge in [0, 0.05) is 6.42 Å². The van der Waals surface area contributed by atoms with Crippen LogP contribution in [0.2, 0.25) is 5.02 Å². The Bertz CT molecular complexity index is 763. The Morgan fingerprint density at radius 3 is 2.60 bits per heavy atom. The maximum absolute atomic E-state index is 11.9. The summed E-state index contributed by atoms with van der Waals surface area (Å²) in [6.07, 6.45) is -0.00179. The number of rotatable bonds is 7. The summed E-state index contributed by atoms with van der Waals surface area (Å²) >= 11 is 7.44. The number of benzene rings is 1. The van der Waals surface area contributed by atoms with Crippen LogP contribution in [-0.4, -0.2) is 24.3 Å². The highest BCUT2D eigenvalue weighted by Crippen LogP contribution is 2.27. The number of aryl methyl sites for hydroxylation is 2. The Balaban J connectivity index is 1.78. The molecule has 1 amide bonds. The normalized spacial score (nSPS) is 10.4. The summed E-state index contributed by atoms with van der Waals surface area (Å²) in [6.45, 7) is 3.32. The van der Waals surface area contributed by atoms with Crippen molar-refractivity contribution in [3.63, 3.8) is 0 Å².